The van der Waals surface area contributed by atoms with Crippen molar-refractivity contribution < 1.29 is 31.2 Å². The third-order valence-corrected chi connectivity index (χ3v) is 8.58. The highest BCUT2D eigenvalue weighted by atomic mass is 35.5. The number of H-pyrrole nitrogens is 1. The van der Waals surface area contributed by atoms with Crippen LogP contribution in [0, 0.1) is 0 Å². The number of nitrogens with one attached hydrogen (secondary N) is 1. The zero-order valence-electron chi connectivity index (χ0n) is 24.4. The molecule has 226 valence electrons. The van der Waals surface area contributed by atoms with E-state index < -0.39 is 0 Å². The van der Waals surface area contributed by atoms with Crippen LogP contribution in [0.2, 0.25) is 0 Å². The molecule has 0 bridgehead atoms. The first-order valence-electron chi connectivity index (χ1n) is 14.5. The van der Waals surface area contributed by atoms with Gasteiger partial charge in [-0.3, -0.25) is 14.1 Å². The summed E-state index contributed by atoms with van der Waals surface area (Å²) in [7, 11) is 0. The van der Waals surface area contributed by atoms with E-state index in [2.05, 4.69) is 39.5 Å². The maximum absolute atomic E-state index is 11.6. The number of thiophene rings is 1. The maximum Gasteiger partial charge on any atom is 0.306 e. The highest BCUT2D eigenvalue weighted by molar-refractivity contribution is 7.17. The Morgan fingerprint density at radius 2 is 1.65 bits per heavy atom. The molecule has 0 saturated carbocycles. The SMILES string of the molecule is CC(=O)OC[N+]1(CCCCOc2ccc3ccc(=O)[nH]c3c2)CCN(c2cccc3sccc23)CC1.[Cl-].c1ccccc1. The largest absolute Gasteiger partial charge is 1.00 e. The molecule has 1 fully saturated rings. The molecule has 43 heavy (non-hydrogen) atoms. The first kappa shape index (κ1) is 32.1. The Bertz CT molecular complexity index is 1620. The number of rotatable bonds is 9. The van der Waals surface area contributed by atoms with Crippen LogP contribution in [0.15, 0.2) is 101 Å². The number of aromatic amines is 1. The first-order valence-corrected chi connectivity index (χ1v) is 15.3. The van der Waals surface area contributed by atoms with Crippen LogP contribution in [0.25, 0.3) is 21.0 Å². The molecule has 0 aliphatic carbocycles. The molecular weight excluding hydrogens is 582 g/mol. The van der Waals surface area contributed by atoms with E-state index >= 15 is 0 Å². The third kappa shape index (κ3) is 8.83. The molecule has 2 aromatic heterocycles. The maximum atomic E-state index is 11.6. The molecule has 0 unspecified atom stereocenters. The fourth-order valence-corrected chi connectivity index (χ4v) is 6.18. The average molecular weight is 620 g/mol. The lowest BCUT2D eigenvalue weighted by Crippen LogP contribution is -3.00. The van der Waals surface area contributed by atoms with E-state index in [9.17, 15) is 9.59 Å². The van der Waals surface area contributed by atoms with Crippen LogP contribution in [0.3, 0.4) is 0 Å². The van der Waals surface area contributed by atoms with E-state index in [4.69, 9.17) is 9.47 Å². The summed E-state index contributed by atoms with van der Waals surface area (Å²) in [4.78, 5) is 28.5. The zero-order valence-corrected chi connectivity index (χ0v) is 26.0. The molecule has 6 rings (SSSR count). The fraction of sp³-hybridized carbons (Fsp3) is 0.294. The van der Waals surface area contributed by atoms with Crippen molar-refractivity contribution in [3.05, 3.63) is 107 Å². The van der Waals surface area contributed by atoms with E-state index in [1.54, 1.807) is 11.3 Å². The van der Waals surface area contributed by atoms with Gasteiger partial charge in [0.15, 0.2) is 0 Å². The molecule has 0 spiro atoms. The monoisotopic (exact) mass is 619 g/mol. The molecule has 1 aliphatic rings. The number of nitrogens with zero attached hydrogens (tertiary/aromatic N) is 2. The number of aromatic nitrogens is 1. The van der Waals surface area contributed by atoms with Crippen LogP contribution in [0.1, 0.15) is 19.8 Å². The van der Waals surface area contributed by atoms with Crippen LogP contribution >= 0.6 is 11.3 Å². The lowest BCUT2D eigenvalue weighted by molar-refractivity contribution is -0.944. The van der Waals surface area contributed by atoms with Crippen molar-refractivity contribution in [2.45, 2.75) is 19.8 Å². The fourth-order valence-electron chi connectivity index (χ4n) is 5.37. The Morgan fingerprint density at radius 3 is 2.37 bits per heavy atom. The van der Waals surface area contributed by atoms with Gasteiger partial charge < -0.3 is 31.8 Å². The van der Waals surface area contributed by atoms with Gasteiger partial charge in [0.25, 0.3) is 0 Å². The lowest BCUT2D eigenvalue weighted by atomic mass is 10.1. The Morgan fingerprint density at radius 1 is 0.930 bits per heavy atom. The van der Waals surface area contributed by atoms with Gasteiger partial charge in [-0.05, 0) is 60.0 Å². The number of fused-ring (bicyclic) bond motifs is 2. The predicted octanol–water partition coefficient (Wildman–Crippen LogP) is 3.45. The number of carbonyl (C=O) groups excluding carboxylic acids is 1. The van der Waals surface area contributed by atoms with Gasteiger partial charge in [0.05, 0.1) is 44.8 Å². The van der Waals surface area contributed by atoms with Crippen molar-refractivity contribution in [2.24, 2.45) is 0 Å². The van der Waals surface area contributed by atoms with E-state index in [-0.39, 0.29) is 23.9 Å². The predicted molar refractivity (Wildman–Crippen MR) is 171 cm³/mol. The topological polar surface area (TPSA) is 71.6 Å². The van der Waals surface area contributed by atoms with Gasteiger partial charge in [-0.25, -0.2) is 0 Å². The number of hydrogen-bond donors (Lipinski definition) is 1. The molecule has 3 aromatic carbocycles. The van der Waals surface area contributed by atoms with Crippen LogP contribution in [-0.4, -0.2) is 61.5 Å². The summed E-state index contributed by atoms with van der Waals surface area (Å²) < 4.78 is 13.6. The molecule has 1 saturated heterocycles. The molecule has 0 amide bonds. The number of anilines is 1. The summed E-state index contributed by atoms with van der Waals surface area (Å²) in [6.45, 7) is 7.18. The van der Waals surface area contributed by atoms with E-state index in [0.29, 0.717) is 13.3 Å². The summed E-state index contributed by atoms with van der Waals surface area (Å²) in [5, 5.41) is 4.45. The Hall–Kier alpha value is -3.85. The van der Waals surface area contributed by atoms with Crippen molar-refractivity contribution in [1.82, 2.24) is 4.98 Å². The van der Waals surface area contributed by atoms with Crippen molar-refractivity contribution >= 4 is 44.0 Å². The minimum Gasteiger partial charge on any atom is -1.00 e. The Labute approximate surface area is 262 Å². The van der Waals surface area contributed by atoms with Crippen LogP contribution in [0.4, 0.5) is 5.69 Å². The van der Waals surface area contributed by atoms with Crippen molar-refractivity contribution in [1.29, 1.82) is 0 Å². The molecule has 0 radical (unpaired) electrons. The number of unbranched alkanes of at least 4 members (excludes halogenated alkanes) is 1. The lowest BCUT2D eigenvalue weighted by Gasteiger charge is -2.44. The number of ether oxygens (including phenoxy) is 2. The van der Waals surface area contributed by atoms with Gasteiger partial charge in [-0.2, -0.15) is 0 Å². The quantitative estimate of drug-likeness (QED) is 0.156. The Kier molecular flexibility index (Phi) is 11.6. The summed E-state index contributed by atoms with van der Waals surface area (Å²) in [6.07, 6.45) is 1.88. The smallest absolute Gasteiger partial charge is 0.306 e. The Balaban J connectivity index is 0.000000541. The normalized spacial score (nSPS) is 13.9. The average Bonchev–Trinajstić information content (AvgIpc) is 3.51. The van der Waals surface area contributed by atoms with E-state index in [1.807, 2.05) is 60.7 Å². The molecule has 5 aromatic rings. The van der Waals surface area contributed by atoms with Crippen molar-refractivity contribution in [3.63, 3.8) is 0 Å². The summed E-state index contributed by atoms with van der Waals surface area (Å²) >= 11 is 1.78. The van der Waals surface area contributed by atoms with Gasteiger partial charge in [-0.1, -0.05) is 42.5 Å². The minimum atomic E-state index is -0.226. The van der Waals surface area contributed by atoms with Gasteiger partial charge in [0, 0.05) is 34.8 Å². The molecule has 3 heterocycles. The number of quaternary nitrogens is 1. The van der Waals surface area contributed by atoms with Gasteiger partial charge >= 0.3 is 5.97 Å². The third-order valence-electron chi connectivity index (χ3n) is 7.70. The molecule has 7 nitrogen and oxygen atoms in total. The number of hydrogen-bond acceptors (Lipinski definition) is 6. The second kappa shape index (κ2) is 15.6. The van der Waals surface area contributed by atoms with Gasteiger partial charge in [-0.15, -0.1) is 11.3 Å². The summed E-state index contributed by atoms with van der Waals surface area (Å²) in [5.74, 6) is 0.528. The van der Waals surface area contributed by atoms with Crippen LogP contribution < -0.4 is 27.6 Å². The molecule has 1 aliphatic heterocycles. The standard InChI is InChI=1S/C28H31N3O4S.C6H6.ClH/c1-21(32)35-20-31(15-12-30(13-16-31)26-5-4-6-27-24(26)11-18-36-27)14-2-3-17-34-23-9-7-22-8-10-28(33)29-25(22)19-23;1-2-4-6-5-3-1;/h4-11,18-19H,2-3,12-17,20H2,1H3;1-6H;1H. The number of carbonyl (C=O) groups is 1. The molecule has 1 N–H and O–H groups in total. The first-order chi connectivity index (χ1) is 20.5. The highest BCUT2D eigenvalue weighted by Gasteiger charge is 2.34. The van der Waals surface area contributed by atoms with Crippen LogP contribution in [-0.2, 0) is 9.53 Å². The second-order valence-electron chi connectivity index (χ2n) is 10.7. The summed E-state index contributed by atoms with van der Waals surface area (Å²) in [6, 6.07) is 29.8. The zero-order chi connectivity index (χ0) is 29.2. The minimum absolute atomic E-state index is 0. The van der Waals surface area contributed by atoms with E-state index in [0.717, 1.165) is 66.7 Å². The van der Waals surface area contributed by atoms with Crippen molar-refractivity contribution in [3.8, 4) is 5.75 Å². The second-order valence-corrected chi connectivity index (χ2v) is 11.6. The van der Waals surface area contributed by atoms with Gasteiger partial charge in [0.2, 0.25) is 12.3 Å². The number of piperazine rings is 1. The number of pyridine rings is 1. The highest BCUT2D eigenvalue weighted by Crippen LogP contribution is 2.32. The van der Waals surface area contributed by atoms with Gasteiger partial charge in [0.1, 0.15) is 5.75 Å². The molecule has 0 atom stereocenters. The van der Waals surface area contributed by atoms with Crippen LogP contribution in [0.5, 0.6) is 5.75 Å². The number of benzene rings is 3. The number of esters is 1. The molecule has 9 heteroatoms. The van der Waals surface area contributed by atoms with Crippen molar-refractivity contribution in [2.75, 3.05) is 51.0 Å². The number of halogens is 1. The summed E-state index contributed by atoms with van der Waals surface area (Å²) in [5.41, 5.74) is 1.96. The molecular formula is C34H38ClN3O4S. The van der Waals surface area contributed by atoms with E-state index in [1.165, 1.54) is 28.8 Å².